The van der Waals surface area contributed by atoms with Gasteiger partial charge in [-0.15, -0.1) is 0 Å². The molecule has 0 saturated carbocycles. The normalized spacial score (nSPS) is 10.1. The summed E-state index contributed by atoms with van der Waals surface area (Å²) in [6.07, 6.45) is 0.0759. The summed E-state index contributed by atoms with van der Waals surface area (Å²) in [6, 6.07) is 11.1. The van der Waals surface area contributed by atoms with Crippen LogP contribution in [-0.2, 0) is 11.3 Å². The molecule has 7 heteroatoms. The molecule has 2 rings (SSSR count). The lowest BCUT2D eigenvalue weighted by molar-refractivity contribution is -0.121. The first-order chi connectivity index (χ1) is 12.6. The molecular weight excluding hydrogens is 339 g/mol. The first kappa shape index (κ1) is 19.2. The van der Waals surface area contributed by atoms with E-state index in [9.17, 15) is 14.0 Å². The average molecular weight is 360 g/mol. The second-order valence-electron chi connectivity index (χ2n) is 5.42. The number of methoxy groups -OCH3 is 2. The van der Waals surface area contributed by atoms with Crippen molar-refractivity contribution < 1.29 is 23.5 Å². The van der Waals surface area contributed by atoms with Crippen molar-refractivity contribution in [3.8, 4) is 11.5 Å². The molecule has 0 saturated heterocycles. The Morgan fingerprint density at radius 1 is 1.00 bits per heavy atom. The van der Waals surface area contributed by atoms with Gasteiger partial charge in [-0.2, -0.15) is 0 Å². The zero-order chi connectivity index (χ0) is 18.9. The van der Waals surface area contributed by atoms with E-state index in [-0.39, 0.29) is 31.0 Å². The third kappa shape index (κ3) is 4.95. The van der Waals surface area contributed by atoms with E-state index in [1.54, 1.807) is 25.3 Å². The summed E-state index contributed by atoms with van der Waals surface area (Å²) in [5, 5.41) is 5.28. The third-order valence-corrected chi connectivity index (χ3v) is 3.72. The first-order valence-electron chi connectivity index (χ1n) is 8.06. The van der Waals surface area contributed by atoms with E-state index < -0.39 is 11.7 Å². The molecule has 0 unspecified atom stereocenters. The van der Waals surface area contributed by atoms with E-state index >= 15 is 0 Å². The SMILES string of the molecule is COc1cccc(CNC(=O)CCNC(=O)c2ccccc2F)c1OC. The van der Waals surface area contributed by atoms with E-state index in [2.05, 4.69) is 10.6 Å². The number of carbonyl (C=O) groups excluding carboxylic acids is 2. The maximum atomic E-state index is 13.5. The number of hydrogen-bond acceptors (Lipinski definition) is 4. The van der Waals surface area contributed by atoms with Crippen LogP contribution in [0.3, 0.4) is 0 Å². The Morgan fingerprint density at radius 2 is 1.77 bits per heavy atom. The largest absolute Gasteiger partial charge is 0.493 e. The molecule has 0 atom stereocenters. The van der Waals surface area contributed by atoms with Crippen LogP contribution in [0, 0.1) is 5.82 Å². The predicted octanol–water partition coefficient (Wildman–Crippen LogP) is 2.28. The number of halogens is 1. The van der Waals surface area contributed by atoms with Gasteiger partial charge in [0.25, 0.3) is 5.91 Å². The molecule has 0 heterocycles. The molecule has 0 radical (unpaired) electrons. The van der Waals surface area contributed by atoms with Crippen LogP contribution in [0.15, 0.2) is 42.5 Å². The molecule has 2 amide bonds. The van der Waals surface area contributed by atoms with E-state index in [0.717, 1.165) is 5.56 Å². The van der Waals surface area contributed by atoms with Crippen LogP contribution in [0.5, 0.6) is 11.5 Å². The quantitative estimate of drug-likeness (QED) is 0.757. The van der Waals surface area contributed by atoms with Gasteiger partial charge in [0.1, 0.15) is 5.82 Å². The Kier molecular flexibility index (Phi) is 6.96. The number of rotatable bonds is 8. The van der Waals surface area contributed by atoms with Crippen LogP contribution in [0.25, 0.3) is 0 Å². The molecule has 0 bridgehead atoms. The van der Waals surface area contributed by atoms with Crippen molar-refractivity contribution in [3.05, 3.63) is 59.4 Å². The zero-order valence-electron chi connectivity index (χ0n) is 14.7. The van der Waals surface area contributed by atoms with Gasteiger partial charge >= 0.3 is 0 Å². The van der Waals surface area contributed by atoms with Crippen molar-refractivity contribution in [1.82, 2.24) is 10.6 Å². The second-order valence-corrected chi connectivity index (χ2v) is 5.42. The average Bonchev–Trinajstić information content (AvgIpc) is 2.66. The minimum Gasteiger partial charge on any atom is -0.493 e. The summed E-state index contributed by atoms with van der Waals surface area (Å²) in [7, 11) is 3.07. The fourth-order valence-corrected chi connectivity index (χ4v) is 2.41. The molecule has 0 aliphatic carbocycles. The van der Waals surface area contributed by atoms with Crippen LogP contribution in [0.2, 0.25) is 0 Å². The number of para-hydroxylation sites is 1. The van der Waals surface area contributed by atoms with Gasteiger partial charge in [0.15, 0.2) is 11.5 Å². The summed E-state index contributed by atoms with van der Waals surface area (Å²) < 4.78 is 24.0. The Labute approximate surface area is 151 Å². The maximum Gasteiger partial charge on any atom is 0.254 e. The van der Waals surface area contributed by atoms with Crippen LogP contribution in [-0.4, -0.2) is 32.6 Å². The van der Waals surface area contributed by atoms with E-state index in [0.29, 0.717) is 11.5 Å². The fraction of sp³-hybridized carbons (Fsp3) is 0.263. The zero-order valence-corrected chi connectivity index (χ0v) is 14.7. The van der Waals surface area contributed by atoms with Gasteiger partial charge in [0.05, 0.1) is 19.8 Å². The van der Waals surface area contributed by atoms with Gasteiger partial charge in [-0.25, -0.2) is 4.39 Å². The first-order valence-corrected chi connectivity index (χ1v) is 8.06. The lowest BCUT2D eigenvalue weighted by atomic mass is 10.2. The third-order valence-electron chi connectivity index (χ3n) is 3.72. The van der Waals surface area contributed by atoms with Crippen molar-refractivity contribution in [2.24, 2.45) is 0 Å². The second kappa shape index (κ2) is 9.41. The number of amides is 2. The highest BCUT2D eigenvalue weighted by atomic mass is 19.1. The van der Waals surface area contributed by atoms with Gasteiger partial charge in [0, 0.05) is 25.1 Å². The number of hydrogen-bond donors (Lipinski definition) is 2. The predicted molar refractivity (Wildman–Crippen MR) is 94.7 cm³/mol. The molecular formula is C19H21FN2O4. The highest BCUT2D eigenvalue weighted by Gasteiger charge is 2.12. The molecule has 26 heavy (non-hydrogen) atoms. The molecule has 0 aliphatic rings. The van der Waals surface area contributed by atoms with Crippen molar-refractivity contribution in [1.29, 1.82) is 0 Å². The van der Waals surface area contributed by atoms with E-state index in [1.807, 2.05) is 6.07 Å². The maximum absolute atomic E-state index is 13.5. The van der Waals surface area contributed by atoms with Crippen LogP contribution in [0.4, 0.5) is 4.39 Å². The van der Waals surface area contributed by atoms with Crippen LogP contribution >= 0.6 is 0 Å². The lowest BCUT2D eigenvalue weighted by Crippen LogP contribution is -2.31. The summed E-state index contributed by atoms with van der Waals surface area (Å²) in [4.78, 5) is 23.8. The molecule has 138 valence electrons. The summed E-state index contributed by atoms with van der Waals surface area (Å²) in [5.74, 6) is -0.256. The number of benzene rings is 2. The van der Waals surface area contributed by atoms with Gasteiger partial charge in [-0.05, 0) is 18.2 Å². The number of carbonyl (C=O) groups is 2. The molecule has 0 spiro atoms. The van der Waals surface area contributed by atoms with Crippen molar-refractivity contribution in [3.63, 3.8) is 0 Å². The summed E-state index contributed by atoms with van der Waals surface area (Å²) in [5.41, 5.74) is 0.726. The minimum absolute atomic E-state index is 0.0472. The topological polar surface area (TPSA) is 76.7 Å². The smallest absolute Gasteiger partial charge is 0.254 e. The monoisotopic (exact) mass is 360 g/mol. The Morgan fingerprint density at radius 3 is 2.46 bits per heavy atom. The Bertz CT molecular complexity index is 780. The van der Waals surface area contributed by atoms with Crippen LogP contribution in [0.1, 0.15) is 22.3 Å². The van der Waals surface area contributed by atoms with Gasteiger partial charge < -0.3 is 20.1 Å². The summed E-state index contributed by atoms with van der Waals surface area (Å²) in [6.45, 7) is 0.370. The van der Waals surface area contributed by atoms with E-state index in [4.69, 9.17) is 9.47 Å². The highest BCUT2D eigenvalue weighted by Crippen LogP contribution is 2.30. The van der Waals surface area contributed by atoms with Gasteiger partial charge in [-0.1, -0.05) is 24.3 Å². The van der Waals surface area contributed by atoms with Crippen molar-refractivity contribution in [2.75, 3.05) is 20.8 Å². The molecule has 6 nitrogen and oxygen atoms in total. The van der Waals surface area contributed by atoms with Gasteiger partial charge in [0.2, 0.25) is 5.91 Å². The number of nitrogens with one attached hydrogen (secondary N) is 2. The summed E-state index contributed by atoms with van der Waals surface area (Å²) >= 11 is 0. The van der Waals surface area contributed by atoms with Gasteiger partial charge in [-0.3, -0.25) is 9.59 Å². The Balaban J connectivity index is 1.81. The van der Waals surface area contributed by atoms with Crippen molar-refractivity contribution in [2.45, 2.75) is 13.0 Å². The fourth-order valence-electron chi connectivity index (χ4n) is 2.41. The molecule has 0 fully saturated rings. The molecule has 0 aliphatic heterocycles. The molecule has 2 N–H and O–H groups in total. The van der Waals surface area contributed by atoms with Crippen molar-refractivity contribution >= 4 is 11.8 Å². The van der Waals surface area contributed by atoms with Crippen LogP contribution < -0.4 is 20.1 Å². The Hall–Kier alpha value is -3.09. The molecule has 0 aromatic heterocycles. The standard InChI is InChI=1S/C19H21FN2O4/c1-25-16-9-5-6-13(18(16)26-2)12-22-17(23)10-11-21-19(24)14-7-3-4-8-15(14)20/h3-9H,10-12H2,1-2H3,(H,21,24)(H,22,23). The van der Waals surface area contributed by atoms with E-state index in [1.165, 1.54) is 25.3 Å². The molecule has 2 aromatic carbocycles. The number of ether oxygens (including phenoxy) is 2. The minimum atomic E-state index is -0.598. The lowest BCUT2D eigenvalue weighted by Gasteiger charge is -2.13. The molecule has 2 aromatic rings. The highest BCUT2D eigenvalue weighted by molar-refractivity contribution is 5.94.